The molecule has 174 valence electrons. The molecule has 8 radical (unpaired) electrons. The van der Waals surface area contributed by atoms with Crippen LogP contribution in [0.15, 0.2) is 36.4 Å². The summed E-state index contributed by atoms with van der Waals surface area (Å²) in [4.78, 5) is 50.5. The molecule has 2 aliphatic rings. The van der Waals surface area contributed by atoms with Crippen molar-refractivity contribution in [3.8, 4) is 0 Å². The molecule has 14 heteroatoms. The first-order valence-electron chi connectivity index (χ1n) is 10.6. The topological polar surface area (TPSA) is 86.8 Å². The number of benzene rings is 2. The van der Waals surface area contributed by atoms with E-state index in [2.05, 4.69) is 5.32 Å². The van der Waals surface area contributed by atoms with Gasteiger partial charge >= 0.3 is 5.92 Å². The van der Waals surface area contributed by atoms with Crippen LogP contribution in [0, 0.1) is 0 Å². The Morgan fingerprint density at radius 2 is 1.83 bits per heavy atom. The minimum absolute atomic E-state index is 0.00247. The number of fused-ring (bicyclic) bond motifs is 1. The quantitative estimate of drug-likeness (QED) is 0.464. The average molecular weight is 501 g/mol. The summed E-state index contributed by atoms with van der Waals surface area (Å²) in [7, 11) is 23.4. The first kappa shape index (κ1) is 26.0. The number of piperidine rings is 1. The van der Waals surface area contributed by atoms with E-state index >= 15 is 8.78 Å². The van der Waals surface area contributed by atoms with Gasteiger partial charge in [0.1, 0.15) is 13.9 Å². The second-order valence-corrected chi connectivity index (χ2v) is 9.01. The van der Waals surface area contributed by atoms with Crippen LogP contribution in [0.25, 0.3) is 0 Å². The molecule has 0 aromatic heterocycles. The van der Waals surface area contributed by atoms with Crippen LogP contribution < -0.4 is 10.8 Å². The number of carbonyl (C=O) groups is 4. The third-order valence-electron chi connectivity index (χ3n) is 6.22. The Labute approximate surface area is 215 Å². The predicted molar refractivity (Wildman–Crippen MR) is 129 cm³/mol. The minimum Gasteiger partial charge on any atom is -0.398 e. The van der Waals surface area contributed by atoms with Gasteiger partial charge in [0.15, 0.2) is 0 Å². The standard InChI is InChI=1S/C22H14B4ClF2N3O4/c23-15-8-12(27)2-4-14(15)21(28,29)20(36)32(26)22(24,25)11-1-3-13-10(7-11)9-31(19(13)35)16-5-6-17(33)30-18(16)34/h1-4,7-8,16H,5-6,9H2,(H,30,33,34). The van der Waals surface area contributed by atoms with E-state index in [1.165, 1.54) is 23.1 Å². The summed E-state index contributed by atoms with van der Waals surface area (Å²) < 4.78 is 30.0. The molecule has 2 aromatic rings. The molecule has 7 nitrogen and oxygen atoms in total. The molecule has 0 saturated carbocycles. The van der Waals surface area contributed by atoms with E-state index in [1.54, 1.807) is 0 Å². The molecule has 0 aliphatic carbocycles. The number of halogens is 3. The highest BCUT2D eigenvalue weighted by atomic mass is 35.5. The van der Waals surface area contributed by atoms with Crippen molar-refractivity contribution in [3.63, 3.8) is 0 Å². The molecule has 2 aromatic carbocycles. The van der Waals surface area contributed by atoms with Crippen molar-refractivity contribution in [1.29, 1.82) is 0 Å². The van der Waals surface area contributed by atoms with Crippen molar-refractivity contribution < 1.29 is 28.0 Å². The van der Waals surface area contributed by atoms with Crippen LogP contribution in [0.3, 0.4) is 0 Å². The molecular weight excluding hydrogens is 487 g/mol. The molecule has 2 aliphatic heterocycles. The molecule has 2 heterocycles. The maximum Gasteiger partial charge on any atom is 0.348 e. The molecule has 1 unspecified atom stereocenters. The second kappa shape index (κ2) is 9.10. The highest BCUT2D eigenvalue weighted by Gasteiger charge is 2.47. The third-order valence-corrected chi connectivity index (χ3v) is 6.46. The van der Waals surface area contributed by atoms with Crippen molar-refractivity contribution in [3.05, 3.63) is 63.7 Å². The Morgan fingerprint density at radius 3 is 2.47 bits per heavy atom. The highest BCUT2D eigenvalue weighted by Crippen LogP contribution is 2.35. The fraction of sp³-hybridized carbons (Fsp3) is 0.273. The summed E-state index contributed by atoms with van der Waals surface area (Å²) in [5, 5.41) is -0.131. The molecule has 1 saturated heterocycles. The number of alkyl halides is 2. The van der Waals surface area contributed by atoms with Crippen LogP contribution in [0.4, 0.5) is 8.78 Å². The molecule has 0 spiro atoms. The lowest BCUT2D eigenvalue weighted by molar-refractivity contribution is -0.155. The number of hydrogen-bond donors (Lipinski definition) is 1. The number of carbonyl (C=O) groups excluding carboxylic acids is 4. The van der Waals surface area contributed by atoms with Gasteiger partial charge in [0.05, 0.1) is 15.7 Å². The van der Waals surface area contributed by atoms with Gasteiger partial charge in [0.2, 0.25) is 19.8 Å². The molecule has 0 bridgehead atoms. The number of hydrogen-bond acceptors (Lipinski definition) is 4. The van der Waals surface area contributed by atoms with Crippen molar-refractivity contribution in [2.45, 2.75) is 36.7 Å². The summed E-state index contributed by atoms with van der Waals surface area (Å²) in [6, 6.07) is 6.20. The smallest absolute Gasteiger partial charge is 0.348 e. The zero-order valence-corrected chi connectivity index (χ0v) is 19.4. The van der Waals surface area contributed by atoms with Crippen molar-refractivity contribution in [1.82, 2.24) is 15.0 Å². The molecule has 4 rings (SSSR count). The van der Waals surface area contributed by atoms with Gasteiger partial charge in [-0.2, -0.15) is 8.78 Å². The number of amides is 4. The van der Waals surface area contributed by atoms with Crippen LogP contribution in [0.5, 0.6) is 0 Å². The first-order valence-corrected chi connectivity index (χ1v) is 11.0. The maximum atomic E-state index is 15.0. The van der Waals surface area contributed by atoms with Crippen molar-refractivity contribution in [2.24, 2.45) is 0 Å². The third kappa shape index (κ3) is 4.34. The lowest BCUT2D eigenvalue weighted by Crippen LogP contribution is -2.54. The van der Waals surface area contributed by atoms with Gasteiger partial charge in [0.25, 0.3) is 11.8 Å². The number of nitrogens with zero attached hydrogens (tertiary/aromatic N) is 2. The maximum absolute atomic E-state index is 15.0. The van der Waals surface area contributed by atoms with E-state index in [4.69, 9.17) is 43.1 Å². The van der Waals surface area contributed by atoms with Gasteiger partial charge in [-0.15, -0.1) is 0 Å². The molecule has 1 fully saturated rings. The van der Waals surface area contributed by atoms with Crippen molar-refractivity contribution >= 4 is 72.2 Å². The molecular formula is C22H14B4ClF2N3O4. The monoisotopic (exact) mass is 501 g/mol. The molecule has 36 heavy (non-hydrogen) atoms. The molecule has 1 N–H and O–H groups in total. The Balaban J connectivity index is 1.59. The SMILES string of the molecule is [B]c1cc(Cl)ccc1C(F)(F)C(=O)N([B])C([B])([B])c1ccc2c(c1)CN(C1CCC(=O)NC1=O)C2=O. The van der Waals surface area contributed by atoms with Gasteiger partial charge in [0, 0.05) is 29.1 Å². The molecule has 4 amide bonds. The van der Waals surface area contributed by atoms with Crippen LogP contribution >= 0.6 is 11.6 Å². The first-order chi connectivity index (χ1) is 16.7. The van der Waals surface area contributed by atoms with E-state index in [0.29, 0.717) is 5.56 Å². The zero-order chi connectivity index (χ0) is 26.6. The second-order valence-electron chi connectivity index (χ2n) is 8.58. The van der Waals surface area contributed by atoms with Gasteiger partial charge in [-0.05, 0) is 35.0 Å². The Bertz CT molecular complexity index is 1310. The van der Waals surface area contributed by atoms with Crippen LogP contribution in [-0.4, -0.2) is 70.9 Å². The Kier molecular flexibility index (Phi) is 6.58. The zero-order valence-electron chi connectivity index (χ0n) is 18.6. The normalized spacial score (nSPS) is 18.1. The number of imide groups is 1. The van der Waals surface area contributed by atoms with Crippen LogP contribution in [-0.2, 0) is 32.2 Å². The Hall–Kier alpha value is -3.07. The lowest BCUT2D eigenvalue weighted by Gasteiger charge is -2.40. The van der Waals surface area contributed by atoms with E-state index in [9.17, 15) is 19.2 Å². The van der Waals surface area contributed by atoms with Gasteiger partial charge < -0.3 is 9.71 Å². The highest BCUT2D eigenvalue weighted by molar-refractivity contribution is 6.44. The summed E-state index contributed by atoms with van der Waals surface area (Å²) in [6.07, 6.45) is 0.232. The largest absolute Gasteiger partial charge is 0.398 e. The summed E-state index contributed by atoms with van der Waals surface area (Å²) in [5.41, 5.74) is -0.693. The van der Waals surface area contributed by atoms with Crippen LogP contribution in [0.1, 0.15) is 39.9 Å². The van der Waals surface area contributed by atoms with E-state index in [-0.39, 0.29) is 40.3 Å². The van der Waals surface area contributed by atoms with Gasteiger partial charge in [-0.3, -0.25) is 24.5 Å². The van der Waals surface area contributed by atoms with E-state index in [0.717, 1.165) is 18.2 Å². The van der Waals surface area contributed by atoms with Gasteiger partial charge in [-0.1, -0.05) is 41.3 Å². The Morgan fingerprint density at radius 1 is 1.14 bits per heavy atom. The van der Waals surface area contributed by atoms with E-state index in [1.807, 2.05) is 0 Å². The fourth-order valence-electron chi connectivity index (χ4n) is 4.22. The number of nitrogens with one attached hydrogen (secondary N) is 1. The molecule has 1 atom stereocenters. The average Bonchev–Trinajstić information content (AvgIpc) is 3.13. The fourth-order valence-corrected chi connectivity index (χ4v) is 4.40. The summed E-state index contributed by atoms with van der Waals surface area (Å²) in [6.45, 7) is -0.0274. The summed E-state index contributed by atoms with van der Waals surface area (Å²) in [5.74, 6) is -7.60. The lowest BCUT2D eigenvalue weighted by atomic mass is 9.55. The predicted octanol–water partition coefficient (Wildman–Crippen LogP) is 0.0462. The summed E-state index contributed by atoms with van der Waals surface area (Å²) >= 11 is 5.74. The van der Waals surface area contributed by atoms with E-state index < -0.39 is 52.0 Å². The number of rotatable bonds is 5. The van der Waals surface area contributed by atoms with Crippen molar-refractivity contribution in [2.75, 3.05) is 0 Å². The van der Waals surface area contributed by atoms with Crippen LogP contribution in [0.2, 0.25) is 5.02 Å². The van der Waals surface area contributed by atoms with Gasteiger partial charge in [-0.25, -0.2) is 0 Å². The minimum atomic E-state index is -4.19.